The molecule has 0 bridgehead atoms. The van der Waals surface area contributed by atoms with Crippen LogP contribution in [0, 0.1) is 11.6 Å². The van der Waals surface area contributed by atoms with Gasteiger partial charge >= 0.3 is 0 Å². The number of carbonyl (C=O) groups excluding carboxylic acids is 1. The third-order valence-corrected chi connectivity index (χ3v) is 5.15. The van der Waals surface area contributed by atoms with Crippen molar-refractivity contribution in [2.24, 2.45) is 0 Å². The maximum atomic E-state index is 14.0. The first-order valence-corrected chi connectivity index (χ1v) is 9.84. The van der Waals surface area contributed by atoms with Crippen molar-refractivity contribution in [3.05, 3.63) is 81.1 Å². The third kappa shape index (κ3) is 3.77. The van der Waals surface area contributed by atoms with Gasteiger partial charge < -0.3 is 5.32 Å². The molecule has 2 N–H and O–H groups in total. The molecule has 152 valence electrons. The maximum absolute atomic E-state index is 14.0. The number of halogens is 2. The van der Waals surface area contributed by atoms with Crippen molar-refractivity contribution in [1.82, 2.24) is 19.7 Å². The average Bonchev–Trinajstić information content (AvgIpc) is 3.37. The van der Waals surface area contributed by atoms with Gasteiger partial charge in [-0.3, -0.25) is 14.6 Å². The first kappa shape index (κ1) is 19.6. The number of nitrogens with zero attached hydrogens (tertiary/aromatic N) is 3. The molecule has 0 atom stereocenters. The summed E-state index contributed by atoms with van der Waals surface area (Å²) in [5, 5.41) is 8.75. The monoisotopic (exact) mass is 427 g/mol. The number of amides is 1. The Morgan fingerprint density at radius 1 is 1.20 bits per heavy atom. The summed E-state index contributed by atoms with van der Waals surface area (Å²) in [6.45, 7) is 1.84. The molecule has 0 spiro atoms. The molecule has 10 heteroatoms. The molecule has 7 nitrogen and oxygen atoms in total. The van der Waals surface area contributed by atoms with Crippen LogP contribution in [-0.2, 0) is 6.42 Å². The second kappa shape index (κ2) is 7.99. The summed E-state index contributed by atoms with van der Waals surface area (Å²) in [7, 11) is 0. The van der Waals surface area contributed by atoms with Crippen LogP contribution in [0.25, 0.3) is 16.5 Å². The van der Waals surface area contributed by atoms with E-state index in [4.69, 9.17) is 0 Å². The van der Waals surface area contributed by atoms with Gasteiger partial charge in [-0.15, -0.1) is 11.3 Å². The molecule has 4 aromatic rings. The predicted octanol–water partition coefficient (Wildman–Crippen LogP) is 3.78. The van der Waals surface area contributed by atoms with Crippen LogP contribution in [0.4, 0.5) is 14.6 Å². The summed E-state index contributed by atoms with van der Waals surface area (Å²) < 4.78 is 29.3. The molecule has 3 aromatic heterocycles. The molecule has 0 radical (unpaired) electrons. The van der Waals surface area contributed by atoms with Gasteiger partial charge in [0.05, 0.1) is 4.88 Å². The molecule has 0 aliphatic heterocycles. The number of carbonyl (C=O) groups is 1. The summed E-state index contributed by atoms with van der Waals surface area (Å²) >= 11 is 1.42. The van der Waals surface area contributed by atoms with Crippen LogP contribution < -0.4 is 10.9 Å². The van der Waals surface area contributed by atoms with Crippen LogP contribution in [0.5, 0.6) is 0 Å². The van der Waals surface area contributed by atoms with E-state index in [1.165, 1.54) is 28.2 Å². The number of aryl methyl sites for hydroxylation is 1. The van der Waals surface area contributed by atoms with Gasteiger partial charge in [0.25, 0.3) is 11.5 Å². The van der Waals surface area contributed by atoms with E-state index in [1.54, 1.807) is 6.07 Å². The van der Waals surface area contributed by atoms with Crippen molar-refractivity contribution < 1.29 is 13.6 Å². The fourth-order valence-electron chi connectivity index (χ4n) is 2.85. The van der Waals surface area contributed by atoms with Gasteiger partial charge in [0.1, 0.15) is 28.7 Å². The Bertz CT molecular complexity index is 1260. The molecule has 1 aromatic carbocycles. The van der Waals surface area contributed by atoms with Crippen LogP contribution in [0.3, 0.4) is 0 Å². The van der Waals surface area contributed by atoms with E-state index in [0.717, 1.165) is 17.0 Å². The normalized spacial score (nSPS) is 10.9. The molecule has 0 aliphatic carbocycles. The predicted molar refractivity (Wildman–Crippen MR) is 109 cm³/mol. The average molecular weight is 427 g/mol. The standard InChI is InChI=1S/C20H15F2N5O2S/c1-2-11-9-17(28)25-20(23-11)27-16(10-14(26-27)15-7-4-8-30-15)24-19(29)18-12(21)5-3-6-13(18)22/h3-10H,2H2,1H3,(H,24,29)(H,23,25,28). The molecule has 0 unspecified atom stereocenters. The molecular formula is C20H15F2N5O2S. The van der Waals surface area contributed by atoms with Gasteiger partial charge in [-0.05, 0) is 30.0 Å². The highest BCUT2D eigenvalue weighted by atomic mass is 32.1. The SMILES string of the molecule is CCc1cc(=O)[nH]c(-n2nc(-c3cccs3)cc2NC(=O)c2c(F)cccc2F)n1. The van der Waals surface area contributed by atoms with Crippen molar-refractivity contribution >= 4 is 23.1 Å². The fraction of sp³-hybridized carbons (Fsp3) is 0.100. The lowest BCUT2D eigenvalue weighted by molar-refractivity contribution is 0.101. The molecule has 0 aliphatic rings. The highest BCUT2D eigenvalue weighted by molar-refractivity contribution is 7.13. The second-order valence-electron chi connectivity index (χ2n) is 6.27. The first-order valence-electron chi connectivity index (χ1n) is 8.96. The Morgan fingerprint density at radius 3 is 2.63 bits per heavy atom. The summed E-state index contributed by atoms with van der Waals surface area (Å²) in [5.41, 5.74) is -0.0765. The van der Waals surface area contributed by atoms with Gasteiger partial charge in [0.15, 0.2) is 0 Å². The van der Waals surface area contributed by atoms with E-state index >= 15 is 0 Å². The van der Waals surface area contributed by atoms with Crippen LogP contribution in [0.15, 0.2) is 52.6 Å². The van der Waals surface area contributed by atoms with Crippen molar-refractivity contribution in [3.63, 3.8) is 0 Å². The zero-order valence-corrected chi connectivity index (χ0v) is 16.5. The maximum Gasteiger partial charge on any atom is 0.262 e. The summed E-state index contributed by atoms with van der Waals surface area (Å²) in [5.74, 6) is -2.79. The third-order valence-electron chi connectivity index (χ3n) is 4.26. The van der Waals surface area contributed by atoms with Gasteiger partial charge in [-0.1, -0.05) is 19.1 Å². The minimum absolute atomic E-state index is 0.0754. The number of aromatic nitrogens is 4. The van der Waals surface area contributed by atoms with E-state index in [-0.39, 0.29) is 17.3 Å². The number of thiophene rings is 1. The Kier molecular flexibility index (Phi) is 5.23. The number of H-pyrrole nitrogens is 1. The smallest absolute Gasteiger partial charge is 0.262 e. The molecule has 30 heavy (non-hydrogen) atoms. The molecule has 3 heterocycles. The Hall–Kier alpha value is -3.66. The molecule has 0 saturated carbocycles. The number of hydrogen-bond donors (Lipinski definition) is 2. The fourth-order valence-corrected chi connectivity index (χ4v) is 3.53. The van der Waals surface area contributed by atoms with Gasteiger partial charge in [-0.25, -0.2) is 13.8 Å². The number of benzene rings is 1. The van der Waals surface area contributed by atoms with Gasteiger partial charge in [0.2, 0.25) is 5.95 Å². The van der Waals surface area contributed by atoms with Crippen LogP contribution >= 0.6 is 11.3 Å². The minimum Gasteiger partial charge on any atom is -0.306 e. The number of anilines is 1. The van der Waals surface area contributed by atoms with Crippen molar-refractivity contribution in [3.8, 4) is 16.5 Å². The van der Waals surface area contributed by atoms with Crippen molar-refractivity contribution in [2.45, 2.75) is 13.3 Å². The second-order valence-corrected chi connectivity index (χ2v) is 7.22. The number of rotatable bonds is 5. The van der Waals surface area contributed by atoms with E-state index in [1.807, 2.05) is 24.4 Å². The highest BCUT2D eigenvalue weighted by Crippen LogP contribution is 2.28. The van der Waals surface area contributed by atoms with Crippen LogP contribution in [0.1, 0.15) is 23.0 Å². The first-order chi connectivity index (χ1) is 14.5. The van der Waals surface area contributed by atoms with Crippen molar-refractivity contribution in [1.29, 1.82) is 0 Å². The zero-order chi connectivity index (χ0) is 21.3. The summed E-state index contributed by atoms with van der Waals surface area (Å²) in [6.07, 6.45) is 0.512. The Labute approximate surface area is 173 Å². The molecule has 0 fully saturated rings. The number of hydrogen-bond acceptors (Lipinski definition) is 5. The lowest BCUT2D eigenvalue weighted by Crippen LogP contribution is -2.20. The van der Waals surface area contributed by atoms with Gasteiger partial charge in [-0.2, -0.15) is 9.78 Å². The van der Waals surface area contributed by atoms with E-state index < -0.39 is 23.1 Å². The largest absolute Gasteiger partial charge is 0.306 e. The highest BCUT2D eigenvalue weighted by Gasteiger charge is 2.21. The lowest BCUT2D eigenvalue weighted by atomic mass is 10.2. The topological polar surface area (TPSA) is 92.7 Å². The molecule has 1 amide bonds. The van der Waals surface area contributed by atoms with Crippen molar-refractivity contribution in [2.75, 3.05) is 5.32 Å². The van der Waals surface area contributed by atoms with Crippen LogP contribution in [-0.4, -0.2) is 25.7 Å². The molecule has 4 rings (SSSR count). The lowest BCUT2D eigenvalue weighted by Gasteiger charge is -2.09. The quantitative estimate of drug-likeness (QED) is 0.507. The minimum atomic E-state index is -0.989. The van der Waals surface area contributed by atoms with E-state index in [0.29, 0.717) is 17.8 Å². The van der Waals surface area contributed by atoms with E-state index in [2.05, 4.69) is 20.4 Å². The van der Waals surface area contributed by atoms with E-state index in [9.17, 15) is 18.4 Å². The Morgan fingerprint density at radius 2 is 1.97 bits per heavy atom. The summed E-state index contributed by atoms with van der Waals surface area (Å²) in [4.78, 5) is 32.3. The molecular weight excluding hydrogens is 412 g/mol. The Balaban J connectivity index is 1.81. The number of aromatic amines is 1. The van der Waals surface area contributed by atoms with Gasteiger partial charge in [0, 0.05) is 17.8 Å². The molecule has 0 saturated heterocycles. The number of nitrogens with one attached hydrogen (secondary N) is 2. The van der Waals surface area contributed by atoms with Crippen LogP contribution in [0.2, 0.25) is 0 Å². The summed E-state index contributed by atoms with van der Waals surface area (Å²) in [6, 6.07) is 9.74. The zero-order valence-electron chi connectivity index (χ0n) is 15.6.